The van der Waals surface area contributed by atoms with Crippen LogP contribution < -0.4 is 10.6 Å². The van der Waals surface area contributed by atoms with E-state index in [4.69, 9.17) is 0 Å². The van der Waals surface area contributed by atoms with E-state index < -0.39 is 0 Å². The Morgan fingerprint density at radius 2 is 1.84 bits per heavy atom. The first kappa shape index (κ1) is 16.4. The van der Waals surface area contributed by atoms with Crippen molar-refractivity contribution in [1.82, 2.24) is 14.8 Å². The summed E-state index contributed by atoms with van der Waals surface area (Å²) in [5.41, 5.74) is 2.80. The number of hydrogen-bond donors (Lipinski definition) is 2. The number of nitrogens with zero attached hydrogens (tertiary/aromatic N) is 3. The Morgan fingerprint density at radius 1 is 1.04 bits per heavy atom. The van der Waals surface area contributed by atoms with Gasteiger partial charge in [-0.3, -0.25) is 9.59 Å². The summed E-state index contributed by atoms with van der Waals surface area (Å²) in [6.07, 6.45) is 3.14. The molecule has 1 heterocycles. The van der Waals surface area contributed by atoms with E-state index in [-0.39, 0.29) is 11.8 Å². The van der Waals surface area contributed by atoms with Gasteiger partial charge in [-0.25, -0.2) is 9.67 Å². The Labute approximate surface area is 144 Å². The molecule has 0 radical (unpaired) electrons. The van der Waals surface area contributed by atoms with Gasteiger partial charge in [0.2, 0.25) is 5.91 Å². The second-order valence-corrected chi connectivity index (χ2v) is 5.51. The van der Waals surface area contributed by atoms with Crippen molar-refractivity contribution in [2.45, 2.75) is 13.5 Å². The maximum atomic E-state index is 12.3. The topological polar surface area (TPSA) is 88.9 Å². The zero-order chi connectivity index (χ0) is 17.6. The largest absolute Gasteiger partial charge is 0.326 e. The Bertz CT molecular complexity index is 873. The molecule has 0 saturated carbocycles. The fourth-order valence-electron chi connectivity index (χ4n) is 2.34. The van der Waals surface area contributed by atoms with E-state index in [9.17, 15) is 9.59 Å². The van der Waals surface area contributed by atoms with Crippen LogP contribution in [0.1, 0.15) is 22.8 Å². The minimum absolute atomic E-state index is 0.180. The third-order valence-electron chi connectivity index (χ3n) is 3.47. The van der Waals surface area contributed by atoms with E-state index in [1.54, 1.807) is 35.3 Å². The van der Waals surface area contributed by atoms with E-state index in [0.29, 0.717) is 23.5 Å². The van der Waals surface area contributed by atoms with Crippen molar-refractivity contribution >= 4 is 23.2 Å². The van der Waals surface area contributed by atoms with Gasteiger partial charge in [-0.2, -0.15) is 5.10 Å². The predicted octanol–water partition coefficient (Wildman–Crippen LogP) is 2.54. The number of rotatable bonds is 5. The number of carbonyl (C=O) groups is 2. The summed E-state index contributed by atoms with van der Waals surface area (Å²) >= 11 is 0. The van der Waals surface area contributed by atoms with Crippen LogP contribution in [0.2, 0.25) is 0 Å². The smallest absolute Gasteiger partial charge is 0.255 e. The Kier molecular flexibility index (Phi) is 4.84. The van der Waals surface area contributed by atoms with Gasteiger partial charge in [0.15, 0.2) is 0 Å². The van der Waals surface area contributed by atoms with Crippen LogP contribution in [0.15, 0.2) is 61.2 Å². The van der Waals surface area contributed by atoms with Gasteiger partial charge < -0.3 is 10.6 Å². The molecule has 7 heteroatoms. The molecule has 7 nitrogen and oxygen atoms in total. The summed E-state index contributed by atoms with van der Waals surface area (Å²) in [6.45, 7) is 2.04. The van der Waals surface area contributed by atoms with Crippen LogP contribution in [0.25, 0.3) is 0 Å². The summed E-state index contributed by atoms with van der Waals surface area (Å²) in [6, 6.07) is 14.3. The van der Waals surface area contributed by atoms with Gasteiger partial charge in [0.25, 0.3) is 5.91 Å². The molecule has 2 aromatic carbocycles. The van der Waals surface area contributed by atoms with Crippen molar-refractivity contribution in [3.05, 3.63) is 72.3 Å². The second-order valence-electron chi connectivity index (χ2n) is 5.51. The van der Waals surface area contributed by atoms with Crippen molar-refractivity contribution in [2.24, 2.45) is 0 Å². The average molecular weight is 335 g/mol. The molecule has 0 unspecified atom stereocenters. The minimum atomic E-state index is -0.240. The molecule has 0 bridgehead atoms. The molecule has 2 N–H and O–H groups in total. The second kappa shape index (κ2) is 7.39. The van der Waals surface area contributed by atoms with Crippen molar-refractivity contribution in [3.8, 4) is 0 Å². The van der Waals surface area contributed by atoms with Crippen LogP contribution in [0, 0.1) is 0 Å². The Hall–Kier alpha value is -3.48. The molecule has 0 aliphatic rings. The quantitative estimate of drug-likeness (QED) is 0.750. The normalized spacial score (nSPS) is 10.3. The van der Waals surface area contributed by atoms with E-state index in [1.165, 1.54) is 13.3 Å². The van der Waals surface area contributed by atoms with Gasteiger partial charge in [0.05, 0.1) is 6.54 Å². The molecule has 0 aliphatic carbocycles. The van der Waals surface area contributed by atoms with Crippen LogP contribution in [0.3, 0.4) is 0 Å². The van der Waals surface area contributed by atoms with Crippen molar-refractivity contribution in [3.63, 3.8) is 0 Å². The Morgan fingerprint density at radius 3 is 2.52 bits per heavy atom. The number of hydrogen-bond acceptors (Lipinski definition) is 4. The number of amides is 2. The highest BCUT2D eigenvalue weighted by molar-refractivity contribution is 6.05. The molecule has 3 rings (SSSR count). The molecule has 0 atom stereocenters. The fourth-order valence-corrected chi connectivity index (χ4v) is 2.34. The van der Waals surface area contributed by atoms with Gasteiger partial charge in [-0.15, -0.1) is 0 Å². The monoisotopic (exact) mass is 335 g/mol. The molecule has 1 aromatic heterocycles. The number of benzene rings is 2. The number of carbonyl (C=O) groups excluding carboxylic acids is 2. The lowest BCUT2D eigenvalue weighted by molar-refractivity contribution is -0.114. The lowest BCUT2D eigenvalue weighted by atomic mass is 10.1. The molecule has 0 saturated heterocycles. The first-order valence-electron chi connectivity index (χ1n) is 7.70. The number of anilines is 2. The molecule has 0 fully saturated rings. The van der Waals surface area contributed by atoms with E-state index in [1.807, 2.05) is 24.3 Å². The van der Waals surface area contributed by atoms with Crippen LogP contribution >= 0.6 is 0 Å². The molecule has 3 aromatic rings. The van der Waals surface area contributed by atoms with Gasteiger partial charge >= 0.3 is 0 Å². The lowest BCUT2D eigenvalue weighted by Gasteiger charge is -2.08. The van der Waals surface area contributed by atoms with Crippen LogP contribution in [-0.4, -0.2) is 26.6 Å². The summed E-state index contributed by atoms with van der Waals surface area (Å²) in [4.78, 5) is 27.4. The maximum Gasteiger partial charge on any atom is 0.255 e. The summed E-state index contributed by atoms with van der Waals surface area (Å²) < 4.78 is 1.72. The Balaban J connectivity index is 1.65. The molecular weight excluding hydrogens is 318 g/mol. The third kappa shape index (κ3) is 4.51. The number of nitrogens with one attached hydrogen (secondary N) is 2. The van der Waals surface area contributed by atoms with Crippen LogP contribution in [-0.2, 0) is 11.3 Å². The molecule has 25 heavy (non-hydrogen) atoms. The van der Waals surface area contributed by atoms with Crippen LogP contribution in [0.4, 0.5) is 11.4 Å². The van der Waals surface area contributed by atoms with Gasteiger partial charge in [-0.05, 0) is 35.9 Å². The first-order valence-corrected chi connectivity index (χ1v) is 7.70. The van der Waals surface area contributed by atoms with E-state index >= 15 is 0 Å². The van der Waals surface area contributed by atoms with Crippen molar-refractivity contribution in [2.75, 3.05) is 10.6 Å². The molecule has 126 valence electrons. The highest BCUT2D eigenvalue weighted by Gasteiger charge is 2.07. The molecule has 2 amide bonds. The van der Waals surface area contributed by atoms with E-state index in [0.717, 1.165) is 5.56 Å². The van der Waals surface area contributed by atoms with Gasteiger partial charge in [-0.1, -0.05) is 18.2 Å². The molecule has 0 aliphatic heterocycles. The van der Waals surface area contributed by atoms with Crippen molar-refractivity contribution in [1.29, 1.82) is 0 Å². The maximum absolute atomic E-state index is 12.3. The standard InChI is InChI=1S/C18H17N5O2/c1-13(24)21-17-4-2-3-15(9-17)18(25)22-16-7-5-14(6-8-16)10-23-12-19-11-20-23/h2-9,11-12H,10H2,1H3,(H,21,24)(H,22,25). The van der Waals surface area contributed by atoms with E-state index in [2.05, 4.69) is 20.7 Å². The SMILES string of the molecule is CC(=O)Nc1cccc(C(=O)Nc2ccc(Cn3cncn3)cc2)c1. The summed E-state index contributed by atoms with van der Waals surface area (Å²) in [5.74, 6) is -0.420. The molecular formula is C18H17N5O2. The zero-order valence-corrected chi connectivity index (χ0v) is 13.6. The highest BCUT2D eigenvalue weighted by atomic mass is 16.2. The first-order chi connectivity index (χ1) is 12.1. The predicted molar refractivity (Wildman–Crippen MR) is 94.3 cm³/mol. The van der Waals surface area contributed by atoms with Crippen molar-refractivity contribution < 1.29 is 9.59 Å². The zero-order valence-electron chi connectivity index (χ0n) is 13.6. The number of aromatic nitrogens is 3. The lowest BCUT2D eigenvalue weighted by Crippen LogP contribution is -2.13. The minimum Gasteiger partial charge on any atom is -0.326 e. The third-order valence-corrected chi connectivity index (χ3v) is 3.47. The van der Waals surface area contributed by atoms with Gasteiger partial charge in [0.1, 0.15) is 12.7 Å². The fraction of sp³-hybridized carbons (Fsp3) is 0.111. The summed E-state index contributed by atoms with van der Waals surface area (Å²) in [7, 11) is 0. The highest BCUT2D eigenvalue weighted by Crippen LogP contribution is 2.15. The molecule has 0 spiro atoms. The summed E-state index contributed by atoms with van der Waals surface area (Å²) in [5, 5.41) is 9.56. The van der Waals surface area contributed by atoms with Gasteiger partial charge in [0, 0.05) is 23.9 Å². The van der Waals surface area contributed by atoms with Crippen LogP contribution in [0.5, 0.6) is 0 Å². The average Bonchev–Trinajstić information content (AvgIpc) is 3.09.